The van der Waals surface area contributed by atoms with Crippen LogP contribution in [-0.4, -0.2) is 24.3 Å². The number of carbonyl (C=O) groups is 1. The number of amides is 1. The van der Waals surface area contributed by atoms with Crippen molar-refractivity contribution >= 4 is 63.3 Å². The van der Waals surface area contributed by atoms with E-state index in [1.807, 2.05) is 38.4 Å². The molecule has 0 spiro atoms. The molecule has 2 aromatic rings. The highest BCUT2D eigenvalue weighted by Crippen LogP contribution is 2.35. The van der Waals surface area contributed by atoms with Crippen LogP contribution in [-0.2, 0) is 4.79 Å². The van der Waals surface area contributed by atoms with Crippen molar-refractivity contribution in [1.82, 2.24) is 0 Å². The van der Waals surface area contributed by atoms with E-state index < -0.39 is 0 Å². The molecule has 0 atom stereocenters. The number of thioether (sulfide) groups is 1. The van der Waals surface area contributed by atoms with E-state index >= 15 is 0 Å². The van der Waals surface area contributed by atoms with Gasteiger partial charge in [-0.3, -0.25) is 9.69 Å². The van der Waals surface area contributed by atoms with Crippen LogP contribution in [0.2, 0.25) is 5.02 Å². The number of hydrogen-bond donors (Lipinski definition) is 0. The lowest BCUT2D eigenvalue weighted by atomic mass is 10.2. The zero-order valence-corrected chi connectivity index (χ0v) is 16.7. The van der Waals surface area contributed by atoms with Gasteiger partial charge >= 0.3 is 0 Å². The summed E-state index contributed by atoms with van der Waals surface area (Å²) in [4.78, 5) is 16.8. The summed E-state index contributed by atoms with van der Waals surface area (Å²) in [6, 6.07) is 15.3. The van der Waals surface area contributed by atoms with E-state index in [9.17, 15) is 4.79 Å². The predicted molar refractivity (Wildman–Crippen MR) is 117 cm³/mol. The summed E-state index contributed by atoms with van der Waals surface area (Å²) in [6.45, 7) is 0. The third-order valence-electron chi connectivity index (χ3n) is 3.82. The molecular weight excluding hydrogens is 384 g/mol. The van der Waals surface area contributed by atoms with Gasteiger partial charge in [-0.2, -0.15) is 0 Å². The Morgan fingerprint density at radius 2 is 1.73 bits per heavy atom. The number of rotatable bonds is 4. The van der Waals surface area contributed by atoms with Crippen LogP contribution in [0.15, 0.2) is 65.6 Å². The third-order valence-corrected chi connectivity index (χ3v) is 5.40. The molecule has 1 fully saturated rings. The van der Waals surface area contributed by atoms with E-state index in [2.05, 4.69) is 17.0 Å². The highest BCUT2D eigenvalue weighted by Gasteiger charge is 2.32. The van der Waals surface area contributed by atoms with Crippen molar-refractivity contribution in [2.75, 3.05) is 23.9 Å². The Kier molecular flexibility index (Phi) is 5.81. The monoisotopic (exact) mass is 400 g/mol. The Bertz CT molecular complexity index is 887. The molecule has 1 saturated heterocycles. The normalized spacial score (nSPS) is 16.1. The second-order valence-corrected chi connectivity index (χ2v) is 7.97. The van der Waals surface area contributed by atoms with Gasteiger partial charge < -0.3 is 4.90 Å². The molecule has 2 aromatic carbocycles. The first kappa shape index (κ1) is 18.7. The van der Waals surface area contributed by atoms with Crippen LogP contribution in [0.4, 0.5) is 11.4 Å². The first-order valence-corrected chi connectivity index (χ1v) is 9.53. The molecule has 1 aliphatic heterocycles. The van der Waals surface area contributed by atoms with E-state index in [0.717, 1.165) is 16.9 Å². The number of halogens is 1. The predicted octanol–water partition coefficient (Wildman–Crippen LogP) is 5.37. The summed E-state index contributed by atoms with van der Waals surface area (Å²) >= 11 is 12.6. The van der Waals surface area contributed by atoms with Gasteiger partial charge in [-0.25, -0.2) is 0 Å². The lowest BCUT2D eigenvalue weighted by Gasteiger charge is -2.14. The van der Waals surface area contributed by atoms with E-state index in [4.69, 9.17) is 23.8 Å². The topological polar surface area (TPSA) is 23.6 Å². The molecule has 0 radical (unpaired) electrons. The number of thiocarbonyl (C=S) groups is 1. The summed E-state index contributed by atoms with van der Waals surface area (Å²) in [7, 11) is 4.01. The molecule has 0 N–H and O–H groups in total. The fraction of sp³-hybridized carbons (Fsp3) is 0.100. The molecule has 0 aliphatic carbocycles. The van der Waals surface area contributed by atoms with Crippen LogP contribution in [0.25, 0.3) is 6.08 Å². The van der Waals surface area contributed by atoms with Crippen molar-refractivity contribution in [2.45, 2.75) is 0 Å². The van der Waals surface area contributed by atoms with Crippen molar-refractivity contribution in [3.05, 3.63) is 76.2 Å². The van der Waals surface area contributed by atoms with Crippen LogP contribution < -0.4 is 9.80 Å². The van der Waals surface area contributed by atoms with E-state index in [1.165, 1.54) is 16.7 Å². The summed E-state index contributed by atoms with van der Waals surface area (Å²) < 4.78 is 0.521. The minimum Gasteiger partial charge on any atom is -0.378 e. The van der Waals surface area contributed by atoms with Gasteiger partial charge in [0.15, 0.2) is 4.32 Å². The molecule has 3 nitrogen and oxygen atoms in total. The van der Waals surface area contributed by atoms with Crippen molar-refractivity contribution in [3.8, 4) is 0 Å². The molecule has 1 heterocycles. The van der Waals surface area contributed by atoms with Gasteiger partial charge in [0.25, 0.3) is 5.91 Å². The zero-order valence-electron chi connectivity index (χ0n) is 14.3. The standard InChI is InChI=1S/C20H17ClN2OS2/c1-22(2)16-10-6-14(7-11-16)4-3-5-18-19(24)23(20(25)26-18)17-12-8-15(21)9-13-17/h3-13H,1-2H3/b4-3+,18-5?. The molecular formula is C20H17ClN2OS2. The molecule has 26 heavy (non-hydrogen) atoms. The molecule has 1 aliphatic rings. The highest BCUT2D eigenvalue weighted by molar-refractivity contribution is 8.27. The third kappa shape index (κ3) is 4.18. The van der Waals surface area contributed by atoms with Gasteiger partial charge in [-0.1, -0.05) is 59.9 Å². The average molecular weight is 401 g/mol. The molecule has 0 aromatic heterocycles. The van der Waals surface area contributed by atoms with Crippen LogP contribution in [0.3, 0.4) is 0 Å². The summed E-state index contributed by atoms with van der Waals surface area (Å²) in [5.74, 6) is -0.116. The van der Waals surface area contributed by atoms with Gasteiger partial charge in [0, 0.05) is 24.8 Å². The molecule has 1 amide bonds. The van der Waals surface area contributed by atoms with Crippen molar-refractivity contribution in [3.63, 3.8) is 0 Å². The van der Waals surface area contributed by atoms with E-state index in [0.29, 0.717) is 14.2 Å². The van der Waals surface area contributed by atoms with Gasteiger partial charge in [-0.05, 0) is 48.0 Å². The molecule has 0 saturated carbocycles. The van der Waals surface area contributed by atoms with Crippen molar-refractivity contribution in [2.24, 2.45) is 0 Å². The van der Waals surface area contributed by atoms with Gasteiger partial charge in [0.05, 0.1) is 10.6 Å². The number of nitrogens with zero attached hydrogens (tertiary/aromatic N) is 2. The minimum atomic E-state index is -0.116. The first-order chi connectivity index (χ1) is 12.5. The number of allylic oxidation sites excluding steroid dienone is 2. The van der Waals surface area contributed by atoms with Crippen LogP contribution in [0.1, 0.15) is 5.56 Å². The van der Waals surface area contributed by atoms with Crippen LogP contribution in [0.5, 0.6) is 0 Å². The maximum absolute atomic E-state index is 12.6. The summed E-state index contributed by atoms with van der Waals surface area (Å²) in [5.41, 5.74) is 2.94. The minimum absolute atomic E-state index is 0.116. The lowest BCUT2D eigenvalue weighted by Crippen LogP contribution is -2.27. The van der Waals surface area contributed by atoms with E-state index in [-0.39, 0.29) is 5.91 Å². The first-order valence-electron chi connectivity index (χ1n) is 7.93. The number of anilines is 2. The Hall–Kier alpha value is -2.08. The number of hydrogen-bond acceptors (Lipinski definition) is 4. The SMILES string of the molecule is CN(C)c1ccc(/C=C/C=C2SC(=S)N(c3ccc(Cl)cc3)C2=O)cc1. The second-order valence-electron chi connectivity index (χ2n) is 5.86. The zero-order chi connectivity index (χ0) is 18.7. The molecule has 6 heteroatoms. The number of benzene rings is 2. The fourth-order valence-electron chi connectivity index (χ4n) is 2.42. The lowest BCUT2D eigenvalue weighted by molar-refractivity contribution is -0.113. The van der Waals surface area contributed by atoms with Crippen LogP contribution in [0, 0.1) is 0 Å². The Morgan fingerprint density at radius 3 is 2.35 bits per heavy atom. The Morgan fingerprint density at radius 1 is 1.08 bits per heavy atom. The Balaban J connectivity index is 1.74. The van der Waals surface area contributed by atoms with Crippen molar-refractivity contribution < 1.29 is 4.79 Å². The molecule has 0 unspecified atom stereocenters. The van der Waals surface area contributed by atoms with E-state index in [1.54, 1.807) is 30.3 Å². The highest BCUT2D eigenvalue weighted by atomic mass is 35.5. The second kappa shape index (κ2) is 8.08. The average Bonchev–Trinajstić information content (AvgIpc) is 2.90. The Labute approximate surface area is 167 Å². The van der Waals surface area contributed by atoms with Crippen molar-refractivity contribution in [1.29, 1.82) is 0 Å². The van der Waals surface area contributed by atoms with Gasteiger partial charge in [-0.15, -0.1) is 0 Å². The molecule has 132 valence electrons. The van der Waals surface area contributed by atoms with Crippen LogP contribution >= 0.6 is 35.6 Å². The van der Waals surface area contributed by atoms with Gasteiger partial charge in [0.1, 0.15) is 0 Å². The molecule has 0 bridgehead atoms. The smallest absolute Gasteiger partial charge is 0.270 e. The summed E-state index contributed by atoms with van der Waals surface area (Å²) in [5, 5.41) is 0.623. The quantitative estimate of drug-likeness (QED) is 0.508. The summed E-state index contributed by atoms with van der Waals surface area (Å²) in [6.07, 6.45) is 5.64. The maximum Gasteiger partial charge on any atom is 0.270 e. The van der Waals surface area contributed by atoms with Gasteiger partial charge in [0.2, 0.25) is 0 Å². The number of carbonyl (C=O) groups excluding carboxylic acids is 1. The molecule has 3 rings (SSSR count). The largest absolute Gasteiger partial charge is 0.378 e. The maximum atomic E-state index is 12.6. The fourth-order valence-corrected chi connectivity index (χ4v) is 3.80.